The number of H-pyrrole nitrogens is 1. The predicted molar refractivity (Wildman–Crippen MR) is 97.1 cm³/mol. The Bertz CT molecular complexity index is 636. The van der Waals surface area contributed by atoms with Gasteiger partial charge < -0.3 is 15.0 Å². The van der Waals surface area contributed by atoms with Crippen LogP contribution in [-0.4, -0.2) is 65.4 Å². The number of ether oxygens (including phenoxy) is 1. The second kappa shape index (κ2) is 8.50. The summed E-state index contributed by atoms with van der Waals surface area (Å²) >= 11 is 1.58. The van der Waals surface area contributed by atoms with Crippen LogP contribution in [0.3, 0.4) is 0 Å². The van der Waals surface area contributed by atoms with Crippen molar-refractivity contribution in [1.29, 1.82) is 0 Å². The molecule has 3 rings (SSSR count). The van der Waals surface area contributed by atoms with Gasteiger partial charge in [-0.1, -0.05) is 12.1 Å². The van der Waals surface area contributed by atoms with Crippen molar-refractivity contribution in [3.63, 3.8) is 0 Å². The van der Waals surface area contributed by atoms with E-state index in [-0.39, 0.29) is 11.9 Å². The molecule has 0 spiro atoms. The fraction of sp³-hybridized carbons (Fsp3) is 0.529. The standard InChI is InChI=1S/C17H24N4O2S/c1-13(10-21-6-8-23-9-7-21)18-17(22)12-24-11-16-19-14-4-2-3-5-15(14)20-16/h2-5,13H,6-12H2,1H3,(H,18,22)(H,19,20). The number of carbonyl (C=O) groups is 1. The van der Waals surface area contributed by atoms with Crippen LogP contribution in [0.15, 0.2) is 24.3 Å². The van der Waals surface area contributed by atoms with Crippen LogP contribution < -0.4 is 5.32 Å². The number of imidazole rings is 1. The molecule has 130 valence electrons. The number of rotatable bonds is 7. The van der Waals surface area contributed by atoms with Crippen LogP contribution in [0.5, 0.6) is 0 Å². The van der Waals surface area contributed by atoms with Gasteiger partial charge in [0, 0.05) is 25.7 Å². The molecule has 6 nitrogen and oxygen atoms in total. The lowest BCUT2D eigenvalue weighted by atomic mass is 10.3. The van der Waals surface area contributed by atoms with Gasteiger partial charge in [-0.2, -0.15) is 0 Å². The third kappa shape index (κ3) is 4.96. The first-order chi connectivity index (χ1) is 11.7. The van der Waals surface area contributed by atoms with E-state index in [1.54, 1.807) is 11.8 Å². The quantitative estimate of drug-likeness (QED) is 0.796. The maximum atomic E-state index is 12.1. The first-order valence-corrected chi connectivity index (χ1v) is 9.47. The van der Waals surface area contributed by atoms with E-state index in [2.05, 4.69) is 27.1 Å². The summed E-state index contributed by atoms with van der Waals surface area (Å²) in [6.07, 6.45) is 0. The van der Waals surface area contributed by atoms with E-state index in [1.165, 1.54) is 0 Å². The molecule has 1 amide bonds. The summed E-state index contributed by atoms with van der Waals surface area (Å²) in [6.45, 7) is 6.39. The summed E-state index contributed by atoms with van der Waals surface area (Å²) in [5, 5.41) is 3.07. The lowest BCUT2D eigenvalue weighted by molar-refractivity contribution is -0.119. The molecule has 1 aromatic carbocycles. The molecule has 1 saturated heterocycles. The molecule has 0 radical (unpaired) electrons. The van der Waals surface area contributed by atoms with E-state index < -0.39 is 0 Å². The van der Waals surface area contributed by atoms with E-state index in [1.807, 2.05) is 24.3 Å². The van der Waals surface area contributed by atoms with E-state index >= 15 is 0 Å². The number of thioether (sulfide) groups is 1. The Labute approximate surface area is 146 Å². The first-order valence-electron chi connectivity index (χ1n) is 8.31. The average Bonchev–Trinajstić information content (AvgIpc) is 2.98. The van der Waals surface area contributed by atoms with Crippen LogP contribution in [0.1, 0.15) is 12.7 Å². The van der Waals surface area contributed by atoms with E-state index in [9.17, 15) is 4.79 Å². The largest absolute Gasteiger partial charge is 0.379 e. The molecule has 1 aliphatic heterocycles. The Morgan fingerprint density at radius 3 is 3.00 bits per heavy atom. The van der Waals surface area contributed by atoms with Crippen molar-refractivity contribution in [3.05, 3.63) is 30.1 Å². The normalized spacial score (nSPS) is 17.0. The monoisotopic (exact) mass is 348 g/mol. The molecule has 1 aromatic heterocycles. The predicted octanol–water partition coefficient (Wildman–Crippen LogP) is 1.63. The van der Waals surface area contributed by atoms with Crippen LogP contribution in [0.25, 0.3) is 11.0 Å². The highest BCUT2D eigenvalue weighted by molar-refractivity contribution is 7.99. The van der Waals surface area contributed by atoms with Gasteiger partial charge in [0.05, 0.1) is 35.8 Å². The molecule has 0 saturated carbocycles. The number of morpholine rings is 1. The van der Waals surface area contributed by atoms with Crippen molar-refractivity contribution in [3.8, 4) is 0 Å². The minimum absolute atomic E-state index is 0.0804. The number of aromatic amines is 1. The number of nitrogens with one attached hydrogen (secondary N) is 2. The Balaban J connectivity index is 1.37. The molecule has 2 heterocycles. The highest BCUT2D eigenvalue weighted by Gasteiger charge is 2.15. The third-order valence-corrected chi connectivity index (χ3v) is 4.90. The van der Waals surface area contributed by atoms with Gasteiger partial charge in [0.15, 0.2) is 0 Å². The second-order valence-electron chi connectivity index (χ2n) is 6.07. The zero-order valence-corrected chi connectivity index (χ0v) is 14.8. The molecule has 0 bridgehead atoms. The van der Waals surface area contributed by atoms with Crippen molar-refractivity contribution in [1.82, 2.24) is 20.2 Å². The van der Waals surface area contributed by atoms with Gasteiger partial charge in [0.2, 0.25) is 5.91 Å². The Hall–Kier alpha value is -1.57. The minimum atomic E-state index is 0.0804. The summed E-state index contributed by atoms with van der Waals surface area (Å²) in [6, 6.07) is 8.11. The molecule has 1 atom stereocenters. The number of hydrogen-bond donors (Lipinski definition) is 2. The molecule has 7 heteroatoms. The maximum absolute atomic E-state index is 12.1. The lowest BCUT2D eigenvalue weighted by Gasteiger charge is -2.29. The number of amides is 1. The molecule has 0 aliphatic carbocycles. The lowest BCUT2D eigenvalue weighted by Crippen LogP contribution is -2.46. The van der Waals surface area contributed by atoms with Crippen LogP contribution >= 0.6 is 11.8 Å². The minimum Gasteiger partial charge on any atom is -0.379 e. The number of benzene rings is 1. The Morgan fingerprint density at radius 1 is 1.42 bits per heavy atom. The fourth-order valence-electron chi connectivity index (χ4n) is 2.85. The summed E-state index contributed by atoms with van der Waals surface area (Å²) in [5.74, 6) is 2.15. The first kappa shape index (κ1) is 17.3. The molecular formula is C17H24N4O2S. The molecule has 1 aliphatic rings. The Kier molecular flexibility index (Phi) is 6.12. The summed E-state index contributed by atoms with van der Waals surface area (Å²) in [5.41, 5.74) is 2.01. The number of aromatic nitrogens is 2. The van der Waals surface area contributed by atoms with Crippen molar-refractivity contribution in [2.24, 2.45) is 0 Å². The van der Waals surface area contributed by atoms with E-state index in [0.717, 1.165) is 49.7 Å². The topological polar surface area (TPSA) is 70.2 Å². The van der Waals surface area contributed by atoms with Crippen molar-refractivity contribution in [2.75, 3.05) is 38.6 Å². The maximum Gasteiger partial charge on any atom is 0.230 e. The summed E-state index contributed by atoms with van der Waals surface area (Å²) in [7, 11) is 0. The van der Waals surface area contributed by atoms with Crippen molar-refractivity contribution < 1.29 is 9.53 Å². The van der Waals surface area contributed by atoms with Crippen LogP contribution in [0, 0.1) is 0 Å². The molecule has 1 unspecified atom stereocenters. The van der Waals surface area contributed by atoms with Gasteiger partial charge in [-0.25, -0.2) is 4.98 Å². The van der Waals surface area contributed by atoms with E-state index in [0.29, 0.717) is 11.5 Å². The van der Waals surface area contributed by atoms with Gasteiger partial charge >= 0.3 is 0 Å². The van der Waals surface area contributed by atoms with Crippen LogP contribution in [-0.2, 0) is 15.3 Å². The number of nitrogens with zero attached hydrogens (tertiary/aromatic N) is 2. The van der Waals surface area contributed by atoms with Crippen molar-refractivity contribution >= 4 is 28.7 Å². The van der Waals surface area contributed by atoms with Gasteiger partial charge in [0.1, 0.15) is 5.82 Å². The van der Waals surface area contributed by atoms with Crippen molar-refractivity contribution in [2.45, 2.75) is 18.7 Å². The number of para-hydroxylation sites is 2. The van der Waals surface area contributed by atoms with Gasteiger partial charge in [-0.3, -0.25) is 9.69 Å². The van der Waals surface area contributed by atoms with Gasteiger partial charge in [0.25, 0.3) is 0 Å². The second-order valence-corrected chi connectivity index (χ2v) is 7.06. The van der Waals surface area contributed by atoms with Gasteiger partial charge in [-0.15, -0.1) is 11.8 Å². The summed E-state index contributed by atoms with van der Waals surface area (Å²) in [4.78, 5) is 22.2. The van der Waals surface area contributed by atoms with Gasteiger partial charge in [-0.05, 0) is 19.1 Å². The molecular weight excluding hydrogens is 324 g/mol. The highest BCUT2D eigenvalue weighted by atomic mass is 32.2. The number of hydrogen-bond acceptors (Lipinski definition) is 5. The third-order valence-electron chi connectivity index (χ3n) is 3.95. The fourth-order valence-corrected chi connectivity index (χ4v) is 3.55. The highest BCUT2D eigenvalue weighted by Crippen LogP contribution is 2.14. The molecule has 24 heavy (non-hydrogen) atoms. The number of fused-ring (bicyclic) bond motifs is 1. The SMILES string of the molecule is CC(CN1CCOCC1)NC(=O)CSCc1nc2ccccc2[nH]1. The molecule has 1 fully saturated rings. The average molecular weight is 348 g/mol. The molecule has 2 aromatic rings. The summed E-state index contributed by atoms with van der Waals surface area (Å²) < 4.78 is 5.34. The van der Waals surface area contributed by atoms with Crippen LogP contribution in [0.2, 0.25) is 0 Å². The van der Waals surface area contributed by atoms with Crippen LogP contribution in [0.4, 0.5) is 0 Å². The number of carbonyl (C=O) groups excluding carboxylic acids is 1. The zero-order chi connectivity index (χ0) is 16.8. The zero-order valence-electron chi connectivity index (χ0n) is 14.0. The smallest absolute Gasteiger partial charge is 0.230 e. The molecule has 2 N–H and O–H groups in total. The Morgan fingerprint density at radius 2 is 2.21 bits per heavy atom. The van der Waals surface area contributed by atoms with E-state index in [4.69, 9.17) is 4.74 Å².